The number of fused-ring (bicyclic) bond motifs is 3. The molecule has 1 fully saturated rings. The van der Waals surface area contributed by atoms with Crippen molar-refractivity contribution in [2.45, 2.75) is 76.7 Å². The second kappa shape index (κ2) is 9.93. The van der Waals surface area contributed by atoms with Crippen LogP contribution in [0.1, 0.15) is 62.5 Å². The van der Waals surface area contributed by atoms with Crippen molar-refractivity contribution >= 4 is 39.1 Å². The highest BCUT2D eigenvalue weighted by molar-refractivity contribution is 7.99. The van der Waals surface area contributed by atoms with Gasteiger partial charge in [0, 0.05) is 30.1 Å². The van der Waals surface area contributed by atoms with Crippen LogP contribution in [0.5, 0.6) is 0 Å². The van der Waals surface area contributed by atoms with Gasteiger partial charge >= 0.3 is 0 Å². The lowest BCUT2D eigenvalue weighted by molar-refractivity contribution is -0.0543. The number of rotatable bonds is 7. The molecule has 1 unspecified atom stereocenters. The standard InChI is InChI=1S/C27H35N3OS2/c1-4-15-32-26-28-24(30-13-11-20(12-14-30)16-19-9-7-6-8-10-19)23-21-17-27(3,5-2)31-18-22(21)33-25(23)29-26/h6-10,20H,4-5,11-18H2,1-3H3. The quantitative estimate of drug-likeness (QED) is 0.271. The molecule has 176 valence electrons. The summed E-state index contributed by atoms with van der Waals surface area (Å²) in [6.45, 7) is 9.56. The molecule has 4 heterocycles. The number of thioether (sulfide) groups is 1. The molecule has 0 bridgehead atoms. The molecule has 0 aliphatic carbocycles. The molecule has 4 nitrogen and oxygen atoms in total. The number of anilines is 1. The Kier molecular flexibility index (Phi) is 6.96. The number of hydrogen-bond acceptors (Lipinski definition) is 6. The Morgan fingerprint density at radius 3 is 2.67 bits per heavy atom. The minimum atomic E-state index is -0.0867. The predicted molar refractivity (Wildman–Crippen MR) is 141 cm³/mol. The third kappa shape index (κ3) is 4.94. The average Bonchev–Trinajstić information content (AvgIpc) is 3.20. The number of hydrogen-bond donors (Lipinski definition) is 0. The fourth-order valence-electron chi connectivity index (χ4n) is 5.04. The highest BCUT2D eigenvalue weighted by Crippen LogP contribution is 2.44. The number of nitrogens with zero attached hydrogens (tertiary/aromatic N) is 3. The van der Waals surface area contributed by atoms with Crippen molar-refractivity contribution in [1.82, 2.24) is 9.97 Å². The zero-order chi connectivity index (χ0) is 22.8. The topological polar surface area (TPSA) is 38.2 Å². The lowest BCUT2D eigenvalue weighted by Crippen LogP contribution is -2.36. The molecule has 0 radical (unpaired) electrons. The van der Waals surface area contributed by atoms with Gasteiger partial charge in [-0.05, 0) is 56.1 Å². The molecule has 2 aliphatic heterocycles. The molecule has 3 aromatic rings. The third-order valence-electron chi connectivity index (χ3n) is 7.26. The van der Waals surface area contributed by atoms with Crippen LogP contribution >= 0.6 is 23.1 Å². The fraction of sp³-hybridized carbons (Fsp3) is 0.556. The highest BCUT2D eigenvalue weighted by atomic mass is 32.2. The molecule has 0 spiro atoms. The second-order valence-corrected chi connectivity index (χ2v) is 11.9. The second-order valence-electron chi connectivity index (χ2n) is 9.75. The first-order valence-electron chi connectivity index (χ1n) is 12.5. The van der Waals surface area contributed by atoms with Crippen molar-refractivity contribution in [3.05, 3.63) is 46.3 Å². The first-order chi connectivity index (χ1) is 16.1. The summed E-state index contributed by atoms with van der Waals surface area (Å²) in [5, 5.41) is 2.24. The van der Waals surface area contributed by atoms with Crippen LogP contribution in [-0.4, -0.2) is 34.4 Å². The van der Waals surface area contributed by atoms with Crippen molar-refractivity contribution < 1.29 is 4.74 Å². The van der Waals surface area contributed by atoms with Crippen molar-refractivity contribution in [2.24, 2.45) is 5.92 Å². The van der Waals surface area contributed by atoms with Crippen LogP contribution in [0.4, 0.5) is 5.82 Å². The minimum Gasteiger partial charge on any atom is -0.369 e. The van der Waals surface area contributed by atoms with Crippen LogP contribution < -0.4 is 4.90 Å². The van der Waals surface area contributed by atoms with Crippen LogP contribution in [0.3, 0.4) is 0 Å². The summed E-state index contributed by atoms with van der Waals surface area (Å²) in [6.07, 6.45) is 6.75. The lowest BCUT2D eigenvalue weighted by Gasteiger charge is -2.35. The van der Waals surface area contributed by atoms with Crippen molar-refractivity contribution in [3.8, 4) is 0 Å². The van der Waals surface area contributed by atoms with Crippen LogP contribution in [0, 0.1) is 5.92 Å². The van der Waals surface area contributed by atoms with E-state index in [2.05, 4.69) is 56.0 Å². The van der Waals surface area contributed by atoms with E-state index in [1.807, 2.05) is 11.3 Å². The maximum atomic E-state index is 6.27. The van der Waals surface area contributed by atoms with Gasteiger partial charge in [0.2, 0.25) is 0 Å². The maximum absolute atomic E-state index is 6.27. The summed E-state index contributed by atoms with van der Waals surface area (Å²) >= 11 is 3.62. The van der Waals surface area contributed by atoms with Crippen LogP contribution in [-0.2, 0) is 24.2 Å². The monoisotopic (exact) mass is 481 g/mol. The van der Waals surface area contributed by atoms with Crippen molar-refractivity contribution in [2.75, 3.05) is 23.7 Å². The molecule has 6 heteroatoms. The van der Waals surface area contributed by atoms with Gasteiger partial charge in [0.15, 0.2) is 5.16 Å². The Bertz CT molecular complexity index is 1090. The van der Waals surface area contributed by atoms with Gasteiger partial charge in [-0.2, -0.15) is 0 Å². The fourth-order valence-corrected chi connectivity index (χ4v) is 6.89. The molecule has 33 heavy (non-hydrogen) atoms. The molecule has 1 saturated heterocycles. The van der Waals surface area contributed by atoms with Gasteiger partial charge in [-0.25, -0.2) is 9.97 Å². The normalized spacial score (nSPS) is 21.5. The Balaban J connectivity index is 1.44. The van der Waals surface area contributed by atoms with Crippen molar-refractivity contribution in [1.29, 1.82) is 0 Å². The van der Waals surface area contributed by atoms with Crippen LogP contribution in [0.2, 0.25) is 0 Å². The van der Waals surface area contributed by atoms with E-state index in [1.165, 1.54) is 46.5 Å². The summed E-state index contributed by atoms with van der Waals surface area (Å²) in [5.41, 5.74) is 2.82. The van der Waals surface area contributed by atoms with Gasteiger partial charge in [0.25, 0.3) is 0 Å². The Hall–Kier alpha value is -1.63. The zero-order valence-electron chi connectivity index (χ0n) is 20.1. The van der Waals surface area contributed by atoms with Gasteiger partial charge in [-0.3, -0.25) is 0 Å². The summed E-state index contributed by atoms with van der Waals surface area (Å²) in [4.78, 5) is 15.2. The van der Waals surface area contributed by atoms with Gasteiger partial charge in [0.1, 0.15) is 10.6 Å². The van der Waals surface area contributed by atoms with Gasteiger partial charge < -0.3 is 9.64 Å². The molecule has 0 saturated carbocycles. The number of benzene rings is 1. The largest absolute Gasteiger partial charge is 0.369 e. The molecule has 1 aromatic carbocycles. The molecule has 2 aromatic heterocycles. The van der Waals surface area contributed by atoms with Crippen LogP contribution in [0.15, 0.2) is 35.5 Å². The van der Waals surface area contributed by atoms with E-state index < -0.39 is 0 Å². The third-order valence-corrected chi connectivity index (χ3v) is 9.41. The van der Waals surface area contributed by atoms with E-state index in [1.54, 1.807) is 11.8 Å². The summed E-state index contributed by atoms with van der Waals surface area (Å²) in [6, 6.07) is 11.0. The number of ether oxygens (including phenoxy) is 1. The van der Waals surface area contributed by atoms with E-state index in [-0.39, 0.29) is 5.60 Å². The molecule has 0 amide bonds. The van der Waals surface area contributed by atoms with Crippen LogP contribution in [0.25, 0.3) is 10.2 Å². The molecule has 1 atom stereocenters. The predicted octanol–water partition coefficient (Wildman–Crippen LogP) is 6.89. The Morgan fingerprint density at radius 2 is 1.94 bits per heavy atom. The molecular formula is C27H35N3OS2. The maximum Gasteiger partial charge on any atom is 0.190 e. The first-order valence-corrected chi connectivity index (χ1v) is 14.3. The first kappa shape index (κ1) is 23.1. The van der Waals surface area contributed by atoms with Gasteiger partial charge in [-0.15, -0.1) is 11.3 Å². The number of aromatic nitrogens is 2. The molecule has 5 rings (SSSR count). The van der Waals surface area contributed by atoms with E-state index in [9.17, 15) is 0 Å². The Morgan fingerprint density at radius 1 is 1.15 bits per heavy atom. The van der Waals surface area contributed by atoms with E-state index in [0.29, 0.717) is 6.61 Å². The lowest BCUT2D eigenvalue weighted by atomic mass is 9.89. The smallest absolute Gasteiger partial charge is 0.190 e. The zero-order valence-corrected chi connectivity index (χ0v) is 21.7. The summed E-state index contributed by atoms with van der Waals surface area (Å²) in [7, 11) is 0. The van der Waals surface area contributed by atoms with Gasteiger partial charge in [-0.1, -0.05) is 55.9 Å². The highest BCUT2D eigenvalue weighted by Gasteiger charge is 2.34. The minimum absolute atomic E-state index is 0.0867. The molecule has 0 N–H and O–H groups in total. The SMILES string of the molecule is CCCSc1nc(N2CCC(Cc3ccccc3)CC2)c2c3c(sc2n1)COC(C)(CC)C3. The van der Waals surface area contributed by atoms with E-state index in [4.69, 9.17) is 14.7 Å². The molecular weight excluding hydrogens is 446 g/mol. The number of piperidine rings is 1. The Labute approximate surface area is 206 Å². The average molecular weight is 482 g/mol. The summed E-state index contributed by atoms with van der Waals surface area (Å²) in [5.74, 6) is 2.99. The van der Waals surface area contributed by atoms with E-state index >= 15 is 0 Å². The van der Waals surface area contributed by atoms with Crippen molar-refractivity contribution in [3.63, 3.8) is 0 Å². The van der Waals surface area contributed by atoms with E-state index in [0.717, 1.165) is 54.0 Å². The molecule has 2 aliphatic rings. The summed E-state index contributed by atoms with van der Waals surface area (Å²) < 4.78 is 6.27. The number of thiophene rings is 1. The van der Waals surface area contributed by atoms with Gasteiger partial charge in [0.05, 0.1) is 17.6 Å².